The zero-order chi connectivity index (χ0) is 15.3. The normalized spacial score (nSPS) is 10.8. The summed E-state index contributed by atoms with van der Waals surface area (Å²) in [5.41, 5.74) is 0.813. The van der Waals surface area contributed by atoms with Gasteiger partial charge in [0.2, 0.25) is 0 Å². The zero-order valence-corrected chi connectivity index (χ0v) is 14.6. The van der Waals surface area contributed by atoms with Crippen molar-refractivity contribution in [3.8, 4) is 11.5 Å². The maximum absolute atomic E-state index is 11.8. The number of phenolic OH excluding ortho intramolecular Hbond substituents is 1. The van der Waals surface area contributed by atoms with Crippen LogP contribution in [0.3, 0.4) is 0 Å². The Hall–Kier alpha value is -1.50. The van der Waals surface area contributed by atoms with Crippen LogP contribution in [0.4, 0.5) is 0 Å². The number of ether oxygens (including phenoxy) is 2. The van der Waals surface area contributed by atoms with Gasteiger partial charge in [0, 0.05) is 47.7 Å². The van der Waals surface area contributed by atoms with Crippen LogP contribution >= 0.6 is 0 Å². The van der Waals surface area contributed by atoms with Gasteiger partial charge in [0.05, 0.1) is 7.11 Å². The maximum Gasteiger partial charge on any atom is 0.333 e. The van der Waals surface area contributed by atoms with Crippen molar-refractivity contribution in [3.63, 3.8) is 0 Å². The molecule has 0 fully saturated rings. The van der Waals surface area contributed by atoms with Crippen LogP contribution in [0.15, 0.2) is 30.5 Å². The van der Waals surface area contributed by atoms with E-state index in [4.69, 9.17) is 9.47 Å². The second-order valence-electron chi connectivity index (χ2n) is 4.20. The Bertz CT molecular complexity index is 544. The van der Waals surface area contributed by atoms with Crippen molar-refractivity contribution < 1.29 is 24.2 Å². The van der Waals surface area contributed by atoms with Crippen molar-refractivity contribution >= 4 is 41.5 Å². The average molecular weight is 302 g/mol. The van der Waals surface area contributed by atoms with Gasteiger partial charge in [-0.15, -0.1) is 0 Å². The minimum absolute atomic E-state index is 0. The maximum atomic E-state index is 11.8. The number of rotatable bonds is 5. The van der Waals surface area contributed by atoms with E-state index in [0.717, 1.165) is 0 Å². The van der Waals surface area contributed by atoms with E-state index >= 15 is 0 Å². The Kier molecular flexibility index (Phi) is 8.09. The summed E-state index contributed by atoms with van der Waals surface area (Å²) < 4.78 is 9.73. The number of allylic oxidation sites excluding steroid dienone is 1. The number of aromatic hydroxyl groups is 1. The van der Waals surface area contributed by atoms with Crippen LogP contribution in [0.1, 0.15) is 25.5 Å². The number of hydrogen-bond donors (Lipinski definition) is 2. The third-order valence-electron chi connectivity index (χ3n) is 2.39. The van der Waals surface area contributed by atoms with E-state index in [9.17, 15) is 14.7 Å². The fraction of sp³-hybridized carbons (Fsp3) is 0.286. The van der Waals surface area contributed by atoms with Gasteiger partial charge in [0.15, 0.2) is 6.04 Å². The van der Waals surface area contributed by atoms with Crippen LogP contribution < -0.4 is 10.1 Å². The number of carbonyl (C=O) groups is 2. The average Bonchev–Trinajstić information content (AvgIpc) is 2.36. The molecule has 0 amide bonds. The van der Waals surface area contributed by atoms with Gasteiger partial charge in [-0.2, -0.15) is 0 Å². The molecular weight excluding hydrogens is 285 g/mol. The van der Waals surface area contributed by atoms with E-state index in [1.54, 1.807) is 6.92 Å². The molecule has 0 aliphatic heterocycles. The number of esters is 2. The van der Waals surface area contributed by atoms with Gasteiger partial charge in [-0.05, 0) is 25.1 Å². The molecule has 6 nitrogen and oxygen atoms in total. The van der Waals surface area contributed by atoms with E-state index in [-0.39, 0.29) is 46.6 Å². The standard InChI is InChI=1S/C14H17NO5.Na/c1-8(2)15-13(14(18)19-4)11-7-10(17)5-6-12(11)20-9(3)16;/h5-7,13,15,17H,1H2,2-4H3;. The second kappa shape index (κ2) is 8.71. The Labute approximate surface area is 145 Å². The van der Waals surface area contributed by atoms with Gasteiger partial charge in [-0.3, -0.25) is 4.79 Å². The summed E-state index contributed by atoms with van der Waals surface area (Å²) in [5, 5.41) is 12.4. The molecule has 0 saturated heterocycles. The number of hydrogen-bond acceptors (Lipinski definition) is 6. The second-order valence-corrected chi connectivity index (χ2v) is 4.20. The first-order valence-corrected chi connectivity index (χ1v) is 5.86. The smallest absolute Gasteiger partial charge is 0.333 e. The third kappa shape index (κ3) is 5.79. The van der Waals surface area contributed by atoms with Crippen LogP contribution in [0.2, 0.25) is 0 Å². The fourth-order valence-corrected chi connectivity index (χ4v) is 1.64. The zero-order valence-electron chi connectivity index (χ0n) is 12.6. The van der Waals surface area contributed by atoms with Gasteiger partial charge in [0.1, 0.15) is 11.5 Å². The third-order valence-corrected chi connectivity index (χ3v) is 2.39. The molecule has 0 bridgehead atoms. The first kappa shape index (κ1) is 19.5. The molecule has 0 saturated carbocycles. The monoisotopic (exact) mass is 302 g/mol. The molecule has 1 aromatic carbocycles. The summed E-state index contributed by atoms with van der Waals surface area (Å²) >= 11 is 0. The Balaban J connectivity index is 0.00000400. The number of methoxy groups -OCH3 is 1. The van der Waals surface area contributed by atoms with Crippen molar-refractivity contribution in [2.75, 3.05) is 7.11 Å². The van der Waals surface area contributed by atoms with E-state index in [2.05, 4.69) is 11.9 Å². The molecule has 1 rings (SSSR count). The van der Waals surface area contributed by atoms with Crippen molar-refractivity contribution in [2.24, 2.45) is 0 Å². The fourth-order valence-electron chi connectivity index (χ4n) is 1.64. The molecule has 0 aliphatic rings. The largest absolute Gasteiger partial charge is 0.508 e. The molecule has 109 valence electrons. The summed E-state index contributed by atoms with van der Waals surface area (Å²) in [5.74, 6) is -1.02. The molecule has 0 aliphatic carbocycles. The Morgan fingerprint density at radius 3 is 2.43 bits per heavy atom. The topological polar surface area (TPSA) is 84.9 Å². The van der Waals surface area contributed by atoms with Crippen molar-refractivity contribution in [1.29, 1.82) is 0 Å². The van der Waals surface area contributed by atoms with Gasteiger partial charge >= 0.3 is 11.9 Å². The molecule has 2 N–H and O–H groups in total. The molecule has 1 radical (unpaired) electrons. The van der Waals surface area contributed by atoms with Crippen molar-refractivity contribution in [2.45, 2.75) is 19.9 Å². The van der Waals surface area contributed by atoms with E-state index < -0.39 is 18.0 Å². The van der Waals surface area contributed by atoms with E-state index in [1.807, 2.05) is 0 Å². The molecule has 1 atom stereocenters. The summed E-state index contributed by atoms with van der Waals surface area (Å²) in [7, 11) is 1.24. The summed E-state index contributed by atoms with van der Waals surface area (Å²) in [4.78, 5) is 22.9. The van der Waals surface area contributed by atoms with Crippen LogP contribution in [0.25, 0.3) is 0 Å². The first-order chi connectivity index (χ1) is 9.35. The van der Waals surface area contributed by atoms with Crippen LogP contribution in [0.5, 0.6) is 11.5 Å². The molecule has 0 heterocycles. The van der Waals surface area contributed by atoms with Crippen LogP contribution in [-0.4, -0.2) is 53.7 Å². The van der Waals surface area contributed by atoms with Gasteiger partial charge in [0.25, 0.3) is 0 Å². The number of phenols is 1. The van der Waals surface area contributed by atoms with E-state index in [1.165, 1.54) is 32.2 Å². The van der Waals surface area contributed by atoms with E-state index in [0.29, 0.717) is 5.70 Å². The van der Waals surface area contributed by atoms with Crippen molar-refractivity contribution in [1.82, 2.24) is 5.32 Å². The quantitative estimate of drug-likeness (QED) is 0.484. The molecule has 0 aromatic heterocycles. The number of nitrogens with one attached hydrogen (secondary N) is 1. The minimum Gasteiger partial charge on any atom is -0.508 e. The first-order valence-electron chi connectivity index (χ1n) is 5.86. The number of benzene rings is 1. The summed E-state index contributed by atoms with van der Waals surface area (Å²) in [6.07, 6.45) is 0. The van der Waals surface area contributed by atoms with Gasteiger partial charge in [-0.1, -0.05) is 6.58 Å². The molecule has 21 heavy (non-hydrogen) atoms. The molecular formula is C14H17NNaO5. The van der Waals surface area contributed by atoms with Crippen LogP contribution in [-0.2, 0) is 14.3 Å². The molecule has 1 aromatic rings. The minimum atomic E-state index is -0.932. The number of carbonyl (C=O) groups excluding carboxylic acids is 2. The molecule has 1 unspecified atom stereocenters. The molecule has 7 heteroatoms. The SMILES string of the molecule is C=C(C)NC(C(=O)OC)c1cc(O)ccc1OC(C)=O.[Na]. The Morgan fingerprint density at radius 2 is 1.95 bits per heavy atom. The van der Waals surface area contributed by atoms with Gasteiger partial charge in [-0.25, -0.2) is 4.79 Å². The van der Waals surface area contributed by atoms with Crippen molar-refractivity contribution in [3.05, 3.63) is 36.0 Å². The molecule has 0 spiro atoms. The predicted molar refractivity (Wildman–Crippen MR) is 77.9 cm³/mol. The summed E-state index contributed by atoms with van der Waals surface area (Å²) in [6, 6.07) is 3.16. The summed E-state index contributed by atoms with van der Waals surface area (Å²) in [6.45, 7) is 6.58. The van der Waals surface area contributed by atoms with Crippen LogP contribution in [0, 0.1) is 0 Å². The Morgan fingerprint density at radius 1 is 1.33 bits per heavy atom. The van der Waals surface area contributed by atoms with Gasteiger partial charge < -0.3 is 19.9 Å². The predicted octanol–water partition coefficient (Wildman–Crippen LogP) is 1.27.